The summed E-state index contributed by atoms with van der Waals surface area (Å²) in [7, 11) is 0. The number of rotatable bonds is 3. The molecule has 7 heteroatoms. The summed E-state index contributed by atoms with van der Waals surface area (Å²) in [6.07, 6.45) is 8.64. The van der Waals surface area contributed by atoms with Crippen LogP contribution in [0.15, 0.2) is 6.20 Å². The first-order valence-electron chi connectivity index (χ1n) is 9.80. The van der Waals surface area contributed by atoms with Crippen LogP contribution in [0.1, 0.15) is 86.8 Å². The predicted molar refractivity (Wildman–Crippen MR) is 95.2 cm³/mol. The Balaban J connectivity index is 1.57. The maximum absolute atomic E-state index is 13.4. The van der Waals surface area contributed by atoms with Crippen molar-refractivity contribution >= 4 is 5.78 Å². The average Bonchev–Trinajstić information content (AvgIpc) is 3.04. The van der Waals surface area contributed by atoms with Gasteiger partial charge in [0.05, 0.1) is 29.3 Å². The van der Waals surface area contributed by atoms with E-state index < -0.39 is 5.92 Å². The van der Waals surface area contributed by atoms with Crippen LogP contribution in [0.4, 0.5) is 8.78 Å². The lowest BCUT2D eigenvalue weighted by Gasteiger charge is -2.31. The fraction of sp³-hybridized carbons (Fsp3) is 0.737. The summed E-state index contributed by atoms with van der Waals surface area (Å²) in [5.41, 5.74) is 9.07. The molecule has 2 aliphatic carbocycles. The Labute approximate surface area is 152 Å². The van der Waals surface area contributed by atoms with Crippen LogP contribution in [0.5, 0.6) is 0 Å². The predicted octanol–water partition coefficient (Wildman–Crippen LogP) is 4.31. The molecule has 2 aliphatic rings. The molecule has 26 heavy (non-hydrogen) atoms. The lowest BCUT2D eigenvalue weighted by Crippen LogP contribution is -2.31. The molecule has 1 atom stereocenters. The monoisotopic (exact) mass is 363 g/mol. The highest BCUT2D eigenvalue weighted by Crippen LogP contribution is 2.40. The fourth-order valence-corrected chi connectivity index (χ4v) is 4.52. The van der Waals surface area contributed by atoms with Crippen molar-refractivity contribution in [3.8, 4) is 0 Å². The van der Waals surface area contributed by atoms with Gasteiger partial charge in [0.1, 0.15) is 0 Å². The lowest BCUT2D eigenvalue weighted by molar-refractivity contribution is -0.0484. The van der Waals surface area contributed by atoms with E-state index in [-0.39, 0.29) is 24.8 Å². The van der Waals surface area contributed by atoms with E-state index in [0.717, 1.165) is 24.2 Å². The summed E-state index contributed by atoms with van der Waals surface area (Å²) in [6, 6.07) is -0.340. The van der Waals surface area contributed by atoms with Gasteiger partial charge < -0.3 is 5.73 Å². The van der Waals surface area contributed by atoms with Gasteiger partial charge in [-0.2, -0.15) is 5.10 Å². The van der Waals surface area contributed by atoms with Crippen LogP contribution < -0.4 is 5.73 Å². The minimum Gasteiger partial charge on any atom is -0.322 e. The summed E-state index contributed by atoms with van der Waals surface area (Å²) in [4.78, 5) is 9.38. The highest BCUT2D eigenvalue weighted by Gasteiger charge is 2.37. The van der Waals surface area contributed by atoms with Gasteiger partial charge in [-0.3, -0.25) is 0 Å². The van der Waals surface area contributed by atoms with Gasteiger partial charge in [-0.15, -0.1) is 0 Å². The SMILES string of the molecule is Cc1nn2cc(C(N)C3CCC(F)(F)CC3)nc2nc1C1CCCCC1. The van der Waals surface area contributed by atoms with Gasteiger partial charge in [0.15, 0.2) is 0 Å². The standard InChI is InChI=1S/C19H27F2N5/c1-12-17(14-5-3-2-4-6-14)24-18-23-15(11-26(18)25-12)16(22)13-7-9-19(20,21)10-8-13/h11,13-14,16H,2-10,22H2,1H3. The maximum Gasteiger partial charge on any atom is 0.251 e. The molecule has 5 nitrogen and oxygen atoms in total. The number of hydrogen-bond acceptors (Lipinski definition) is 4. The van der Waals surface area contributed by atoms with E-state index in [1.54, 1.807) is 4.52 Å². The van der Waals surface area contributed by atoms with Gasteiger partial charge >= 0.3 is 0 Å². The van der Waals surface area contributed by atoms with Crippen LogP contribution in [0.2, 0.25) is 0 Å². The van der Waals surface area contributed by atoms with Crippen molar-refractivity contribution < 1.29 is 8.78 Å². The molecule has 0 bridgehead atoms. The molecular formula is C19H27F2N5. The largest absolute Gasteiger partial charge is 0.322 e. The van der Waals surface area contributed by atoms with Crippen molar-refractivity contribution in [3.63, 3.8) is 0 Å². The molecule has 1 unspecified atom stereocenters. The summed E-state index contributed by atoms with van der Waals surface area (Å²) in [5.74, 6) is -1.46. The zero-order valence-corrected chi connectivity index (χ0v) is 15.3. The highest BCUT2D eigenvalue weighted by molar-refractivity contribution is 5.33. The molecule has 2 saturated carbocycles. The molecule has 0 amide bonds. The van der Waals surface area contributed by atoms with Crippen LogP contribution >= 0.6 is 0 Å². The lowest BCUT2D eigenvalue weighted by atomic mass is 9.81. The normalized spacial score (nSPS) is 23.4. The van der Waals surface area contributed by atoms with Crippen LogP contribution in [-0.4, -0.2) is 25.5 Å². The van der Waals surface area contributed by atoms with Gasteiger partial charge in [-0.1, -0.05) is 19.3 Å². The molecule has 4 rings (SSSR count). The van der Waals surface area contributed by atoms with Gasteiger partial charge in [0, 0.05) is 18.8 Å². The number of nitrogens with zero attached hydrogens (tertiary/aromatic N) is 4. The number of alkyl halides is 2. The Morgan fingerprint density at radius 2 is 1.81 bits per heavy atom. The number of nitrogens with two attached hydrogens (primary N) is 1. The fourth-order valence-electron chi connectivity index (χ4n) is 4.52. The van der Waals surface area contributed by atoms with Crippen molar-refractivity contribution in [1.29, 1.82) is 0 Å². The second-order valence-electron chi connectivity index (χ2n) is 8.05. The van der Waals surface area contributed by atoms with Gasteiger partial charge in [-0.25, -0.2) is 23.3 Å². The zero-order chi connectivity index (χ0) is 18.3. The topological polar surface area (TPSA) is 69.1 Å². The van der Waals surface area contributed by atoms with Gasteiger partial charge in [-0.05, 0) is 38.5 Å². The molecule has 0 saturated heterocycles. The smallest absolute Gasteiger partial charge is 0.251 e. The molecule has 2 aromatic heterocycles. The minimum absolute atomic E-state index is 0.0402. The third-order valence-electron chi connectivity index (χ3n) is 6.14. The average molecular weight is 363 g/mol. The molecule has 2 heterocycles. The Morgan fingerprint density at radius 3 is 2.50 bits per heavy atom. The summed E-state index contributed by atoms with van der Waals surface area (Å²) < 4.78 is 28.5. The minimum atomic E-state index is -2.54. The van der Waals surface area contributed by atoms with Crippen molar-refractivity contribution in [2.75, 3.05) is 0 Å². The van der Waals surface area contributed by atoms with E-state index in [4.69, 9.17) is 10.7 Å². The summed E-state index contributed by atoms with van der Waals surface area (Å²) >= 11 is 0. The first-order chi connectivity index (χ1) is 12.4. The van der Waals surface area contributed by atoms with Gasteiger partial charge in [0.25, 0.3) is 5.78 Å². The quantitative estimate of drug-likeness (QED) is 0.882. The van der Waals surface area contributed by atoms with Crippen LogP contribution in [0.3, 0.4) is 0 Å². The maximum atomic E-state index is 13.4. The van der Waals surface area contributed by atoms with Crippen LogP contribution in [-0.2, 0) is 0 Å². The highest BCUT2D eigenvalue weighted by atomic mass is 19.3. The first-order valence-corrected chi connectivity index (χ1v) is 9.80. The van der Waals surface area contributed by atoms with Crippen molar-refractivity contribution in [1.82, 2.24) is 19.6 Å². The first kappa shape index (κ1) is 17.8. The molecule has 142 valence electrons. The molecule has 2 fully saturated rings. The second-order valence-corrected chi connectivity index (χ2v) is 8.05. The number of imidazole rings is 1. The number of aromatic nitrogens is 4. The van der Waals surface area contributed by atoms with E-state index >= 15 is 0 Å². The molecule has 0 spiro atoms. The van der Waals surface area contributed by atoms with E-state index in [0.29, 0.717) is 30.2 Å². The molecule has 2 aromatic rings. The molecule has 0 aromatic carbocycles. The van der Waals surface area contributed by atoms with E-state index in [2.05, 4.69) is 10.1 Å². The molecule has 0 aliphatic heterocycles. The number of hydrogen-bond donors (Lipinski definition) is 1. The van der Waals surface area contributed by atoms with Crippen LogP contribution in [0, 0.1) is 12.8 Å². The Morgan fingerprint density at radius 1 is 1.12 bits per heavy atom. The second kappa shape index (κ2) is 6.83. The Hall–Kier alpha value is -1.63. The van der Waals surface area contributed by atoms with Crippen molar-refractivity contribution in [3.05, 3.63) is 23.3 Å². The van der Waals surface area contributed by atoms with E-state index in [9.17, 15) is 8.78 Å². The van der Waals surface area contributed by atoms with E-state index in [1.807, 2.05) is 13.1 Å². The molecule has 0 radical (unpaired) electrons. The third-order valence-corrected chi connectivity index (χ3v) is 6.14. The Kier molecular flexibility index (Phi) is 4.67. The summed E-state index contributed by atoms with van der Waals surface area (Å²) in [6.45, 7) is 2.00. The van der Waals surface area contributed by atoms with Gasteiger partial charge in [0.2, 0.25) is 5.92 Å². The molecular weight excluding hydrogens is 336 g/mol. The zero-order valence-electron chi connectivity index (χ0n) is 15.3. The third kappa shape index (κ3) is 3.46. The Bertz CT molecular complexity index is 772. The van der Waals surface area contributed by atoms with Crippen molar-refractivity contribution in [2.24, 2.45) is 11.7 Å². The number of fused-ring (bicyclic) bond motifs is 1. The van der Waals surface area contributed by atoms with Crippen LogP contribution in [0.25, 0.3) is 5.78 Å². The molecule has 2 N–H and O–H groups in total. The number of aryl methyl sites for hydroxylation is 1. The van der Waals surface area contributed by atoms with E-state index in [1.165, 1.54) is 19.3 Å². The number of halogens is 2. The van der Waals surface area contributed by atoms with Crippen molar-refractivity contribution in [2.45, 2.75) is 82.6 Å². The summed E-state index contributed by atoms with van der Waals surface area (Å²) in [5, 5.41) is 4.64.